The van der Waals surface area contributed by atoms with Crippen molar-refractivity contribution in [1.82, 2.24) is 15.0 Å². The maximum atomic E-state index is 11.3. The number of anilines is 2. The van der Waals surface area contributed by atoms with E-state index in [9.17, 15) is 4.79 Å². The molecule has 8 heteroatoms. The maximum Gasteiger partial charge on any atom is 0.237 e. The minimum absolute atomic E-state index is 0.0938. The van der Waals surface area contributed by atoms with Crippen molar-refractivity contribution in [2.45, 2.75) is 38.6 Å². The Morgan fingerprint density at radius 2 is 2.10 bits per heavy atom. The Morgan fingerprint density at radius 3 is 2.70 bits per heavy atom. The van der Waals surface area contributed by atoms with E-state index >= 15 is 0 Å². The maximum absolute atomic E-state index is 11.3. The van der Waals surface area contributed by atoms with Crippen molar-refractivity contribution in [3.05, 3.63) is 5.28 Å². The molecule has 1 aliphatic carbocycles. The van der Waals surface area contributed by atoms with Crippen LogP contribution in [0.5, 0.6) is 0 Å². The van der Waals surface area contributed by atoms with Crippen molar-refractivity contribution in [1.29, 1.82) is 0 Å². The third kappa shape index (κ3) is 3.69. The largest absolute Gasteiger partial charge is 0.368 e. The Bertz CT molecular complexity index is 477. The molecule has 0 aliphatic heterocycles. The van der Waals surface area contributed by atoms with Gasteiger partial charge >= 0.3 is 0 Å². The lowest BCUT2D eigenvalue weighted by Gasteiger charge is -2.27. The van der Waals surface area contributed by atoms with E-state index in [1.54, 1.807) is 0 Å². The molecule has 1 saturated carbocycles. The summed E-state index contributed by atoms with van der Waals surface area (Å²) in [4.78, 5) is 25.6. The fourth-order valence-electron chi connectivity index (χ4n) is 2.45. The van der Waals surface area contributed by atoms with Gasteiger partial charge in [0.15, 0.2) is 0 Å². The molecule has 0 aromatic carbocycles. The summed E-state index contributed by atoms with van der Waals surface area (Å²) in [6, 6.07) is 0.232. The summed E-state index contributed by atoms with van der Waals surface area (Å²) in [7, 11) is 0. The third-order valence-corrected chi connectivity index (χ3v) is 3.45. The van der Waals surface area contributed by atoms with E-state index < -0.39 is 5.91 Å². The van der Waals surface area contributed by atoms with Crippen LogP contribution in [0, 0.1) is 0 Å². The van der Waals surface area contributed by atoms with E-state index in [1.165, 1.54) is 0 Å². The van der Waals surface area contributed by atoms with Crippen LogP contribution in [-0.4, -0.2) is 40.0 Å². The predicted molar refractivity (Wildman–Crippen MR) is 77.8 cm³/mol. The van der Waals surface area contributed by atoms with Crippen molar-refractivity contribution in [2.24, 2.45) is 5.73 Å². The Labute approximate surface area is 122 Å². The number of carbonyl (C=O) groups is 1. The van der Waals surface area contributed by atoms with Crippen molar-refractivity contribution in [3.63, 3.8) is 0 Å². The van der Waals surface area contributed by atoms with Gasteiger partial charge in [0.1, 0.15) is 0 Å². The predicted octanol–water partition coefficient (Wildman–Crippen LogP) is 1.19. The van der Waals surface area contributed by atoms with Crippen LogP contribution in [0.25, 0.3) is 0 Å². The number of amides is 1. The number of nitrogens with zero attached hydrogens (tertiary/aromatic N) is 4. The quantitative estimate of drug-likeness (QED) is 0.819. The van der Waals surface area contributed by atoms with Crippen molar-refractivity contribution in [3.8, 4) is 0 Å². The summed E-state index contributed by atoms with van der Waals surface area (Å²) in [5.41, 5.74) is 5.33. The van der Waals surface area contributed by atoms with Gasteiger partial charge in [-0.05, 0) is 31.4 Å². The highest BCUT2D eigenvalue weighted by Crippen LogP contribution is 2.27. The number of halogens is 1. The molecular formula is C12H19ClN6O. The third-order valence-electron chi connectivity index (χ3n) is 3.28. The molecule has 0 bridgehead atoms. The highest BCUT2D eigenvalue weighted by atomic mass is 35.5. The molecule has 0 atom stereocenters. The van der Waals surface area contributed by atoms with Gasteiger partial charge in [0.2, 0.25) is 23.1 Å². The lowest BCUT2D eigenvalue weighted by molar-refractivity contribution is -0.116. The first-order valence-electron chi connectivity index (χ1n) is 6.80. The van der Waals surface area contributed by atoms with E-state index in [2.05, 4.69) is 20.3 Å². The van der Waals surface area contributed by atoms with Crippen LogP contribution in [0.1, 0.15) is 32.6 Å². The number of primary amides is 1. The summed E-state index contributed by atoms with van der Waals surface area (Å²) in [6.45, 7) is 2.71. The molecule has 0 spiro atoms. The monoisotopic (exact) mass is 298 g/mol. The molecule has 1 amide bonds. The van der Waals surface area contributed by atoms with Crippen LogP contribution in [-0.2, 0) is 4.79 Å². The Balaban J connectivity index is 2.28. The second kappa shape index (κ2) is 6.69. The normalized spacial score (nSPS) is 15.3. The van der Waals surface area contributed by atoms with E-state index in [0.29, 0.717) is 18.4 Å². The Hall–Kier alpha value is -1.63. The molecule has 2 rings (SSSR count). The van der Waals surface area contributed by atoms with Crippen LogP contribution in [0.4, 0.5) is 11.9 Å². The first-order chi connectivity index (χ1) is 9.60. The highest BCUT2D eigenvalue weighted by molar-refractivity contribution is 6.28. The topological polar surface area (TPSA) is 97.0 Å². The zero-order valence-corrected chi connectivity index (χ0v) is 12.2. The molecule has 1 heterocycles. The number of nitrogens with one attached hydrogen (secondary N) is 1. The number of hydrogen-bond acceptors (Lipinski definition) is 6. The second-order valence-electron chi connectivity index (χ2n) is 4.79. The molecule has 1 fully saturated rings. The lowest BCUT2D eigenvalue weighted by atomic mass is 10.2. The van der Waals surface area contributed by atoms with E-state index in [4.69, 9.17) is 17.3 Å². The number of nitrogens with two attached hydrogens (primary N) is 1. The van der Waals surface area contributed by atoms with Gasteiger partial charge in [0, 0.05) is 12.6 Å². The van der Waals surface area contributed by atoms with Crippen molar-refractivity contribution in [2.75, 3.05) is 23.3 Å². The fraction of sp³-hybridized carbons (Fsp3) is 0.667. The van der Waals surface area contributed by atoms with E-state index in [-0.39, 0.29) is 17.9 Å². The van der Waals surface area contributed by atoms with Crippen LogP contribution >= 0.6 is 11.6 Å². The van der Waals surface area contributed by atoms with Crippen LogP contribution in [0.2, 0.25) is 5.28 Å². The molecular weight excluding hydrogens is 280 g/mol. The first kappa shape index (κ1) is 14.8. The van der Waals surface area contributed by atoms with Gasteiger partial charge in [0.05, 0.1) is 6.54 Å². The molecule has 0 saturated heterocycles. The summed E-state index contributed by atoms with van der Waals surface area (Å²) in [5.74, 6) is 0.417. The molecule has 0 radical (unpaired) electrons. The molecule has 0 unspecified atom stereocenters. The number of hydrogen-bond donors (Lipinski definition) is 2. The SMILES string of the molecule is CCNc1nc(Cl)nc(N(CC(N)=O)C2CCCC2)n1. The Morgan fingerprint density at radius 1 is 1.40 bits per heavy atom. The average Bonchev–Trinajstić information content (AvgIpc) is 2.89. The van der Waals surface area contributed by atoms with Gasteiger partial charge in [0.25, 0.3) is 0 Å². The molecule has 3 N–H and O–H groups in total. The number of aromatic nitrogens is 3. The molecule has 1 aromatic heterocycles. The van der Waals surface area contributed by atoms with E-state index in [1.807, 2.05) is 11.8 Å². The summed E-state index contributed by atoms with van der Waals surface area (Å²) in [6.07, 6.45) is 4.29. The number of rotatable bonds is 6. The zero-order chi connectivity index (χ0) is 14.5. The fourth-order valence-corrected chi connectivity index (χ4v) is 2.61. The van der Waals surface area contributed by atoms with Crippen molar-refractivity contribution >= 4 is 29.4 Å². The van der Waals surface area contributed by atoms with Gasteiger partial charge in [-0.15, -0.1) is 0 Å². The van der Waals surface area contributed by atoms with Crippen molar-refractivity contribution < 1.29 is 4.79 Å². The first-order valence-corrected chi connectivity index (χ1v) is 7.18. The van der Waals surface area contributed by atoms with Gasteiger partial charge in [-0.3, -0.25) is 4.79 Å². The minimum Gasteiger partial charge on any atom is -0.368 e. The van der Waals surface area contributed by atoms with Crippen LogP contribution in [0.3, 0.4) is 0 Å². The summed E-state index contributed by atoms with van der Waals surface area (Å²) < 4.78 is 0. The average molecular weight is 299 g/mol. The van der Waals surface area contributed by atoms with Crippen LogP contribution in [0.15, 0.2) is 0 Å². The zero-order valence-electron chi connectivity index (χ0n) is 11.5. The van der Waals surface area contributed by atoms with Gasteiger partial charge in [-0.25, -0.2) is 0 Å². The summed E-state index contributed by atoms with van der Waals surface area (Å²) in [5, 5.41) is 3.11. The van der Waals surface area contributed by atoms with Gasteiger partial charge in [-0.1, -0.05) is 12.8 Å². The second-order valence-corrected chi connectivity index (χ2v) is 5.13. The lowest BCUT2D eigenvalue weighted by Crippen LogP contribution is -2.41. The van der Waals surface area contributed by atoms with Gasteiger partial charge in [-0.2, -0.15) is 15.0 Å². The Kier molecular flexibility index (Phi) is 4.94. The van der Waals surface area contributed by atoms with E-state index in [0.717, 1.165) is 25.7 Å². The van der Waals surface area contributed by atoms with Crippen LogP contribution < -0.4 is 16.0 Å². The van der Waals surface area contributed by atoms with Gasteiger partial charge < -0.3 is 16.0 Å². The minimum atomic E-state index is -0.404. The summed E-state index contributed by atoms with van der Waals surface area (Å²) >= 11 is 5.93. The molecule has 110 valence electrons. The smallest absolute Gasteiger partial charge is 0.237 e. The highest BCUT2D eigenvalue weighted by Gasteiger charge is 2.26. The molecule has 1 aromatic rings. The molecule has 20 heavy (non-hydrogen) atoms. The standard InChI is InChI=1S/C12H19ClN6O/c1-2-15-11-16-10(13)17-12(18-11)19(7-9(14)20)8-5-3-4-6-8/h8H,2-7H2,1H3,(H2,14,20)(H,15,16,17,18). The number of carbonyl (C=O) groups excluding carboxylic acids is 1. The molecule has 7 nitrogen and oxygen atoms in total. The molecule has 1 aliphatic rings.